The lowest BCUT2D eigenvalue weighted by Crippen LogP contribution is -2.40. The van der Waals surface area contributed by atoms with Crippen LogP contribution in [-0.2, 0) is 25.7 Å². The van der Waals surface area contributed by atoms with E-state index in [9.17, 15) is 19.2 Å². The average Bonchev–Trinajstić information content (AvgIpc) is 2.95. The first kappa shape index (κ1) is 27.2. The van der Waals surface area contributed by atoms with Crippen LogP contribution in [0.5, 0.6) is 5.75 Å². The van der Waals surface area contributed by atoms with Crippen molar-refractivity contribution in [3.8, 4) is 11.8 Å². The van der Waals surface area contributed by atoms with Crippen LogP contribution in [-0.4, -0.2) is 26.2 Å². The molecular weight excluding hydrogens is 525 g/mol. The minimum absolute atomic E-state index is 0.0109. The second-order valence-electron chi connectivity index (χ2n) is 8.37. The molecule has 2 N–H and O–H groups in total. The van der Waals surface area contributed by atoms with Gasteiger partial charge in [0.05, 0.1) is 48.1 Å². The number of halogens is 2. The predicted molar refractivity (Wildman–Crippen MR) is 142 cm³/mol. The summed E-state index contributed by atoms with van der Waals surface area (Å²) in [5, 5.41) is 10.2. The molecule has 198 valence electrons. The van der Waals surface area contributed by atoms with Crippen molar-refractivity contribution in [1.82, 2.24) is 0 Å². The number of hydrogen-bond acceptors (Lipinski definition) is 8. The lowest BCUT2D eigenvalue weighted by molar-refractivity contribution is -0.139. The predicted octanol–water partition coefficient (Wildman–Crippen LogP) is 4.96. The second-order valence-corrected chi connectivity index (χ2v) is 8.77. The van der Waals surface area contributed by atoms with E-state index in [1.165, 1.54) is 36.3 Å². The van der Waals surface area contributed by atoms with Crippen LogP contribution >= 0.6 is 11.6 Å². The molecular formula is C29H23ClFN3O5. The Bertz CT molecular complexity index is 1530. The topological polar surface area (TPSA) is 115 Å². The SMILES string of the molecule is COC(=O)C1=C(C(=O)OC)N(c2ccc(OCc3cccc(F)c3)cc2Cl)C(N)=C(C#N)C1c1ccccc1. The van der Waals surface area contributed by atoms with E-state index in [0.717, 1.165) is 7.11 Å². The quantitative estimate of drug-likeness (QED) is 0.413. The molecule has 0 spiro atoms. The fourth-order valence-electron chi connectivity index (χ4n) is 4.32. The van der Waals surface area contributed by atoms with Crippen LogP contribution in [0.2, 0.25) is 5.02 Å². The summed E-state index contributed by atoms with van der Waals surface area (Å²) in [7, 11) is 2.33. The molecule has 0 amide bonds. The summed E-state index contributed by atoms with van der Waals surface area (Å²) in [4.78, 5) is 27.5. The van der Waals surface area contributed by atoms with Crippen molar-refractivity contribution in [3.63, 3.8) is 0 Å². The summed E-state index contributed by atoms with van der Waals surface area (Å²) in [5.41, 5.74) is 7.48. The number of esters is 2. The average molecular weight is 548 g/mol. The highest BCUT2D eigenvalue weighted by Gasteiger charge is 2.43. The van der Waals surface area contributed by atoms with Crippen molar-refractivity contribution in [2.24, 2.45) is 5.73 Å². The highest BCUT2D eigenvalue weighted by molar-refractivity contribution is 6.33. The van der Waals surface area contributed by atoms with Gasteiger partial charge in [-0.15, -0.1) is 0 Å². The van der Waals surface area contributed by atoms with Gasteiger partial charge in [0.25, 0.3) is 0 Å². The van der Waals surface area contributed by atoms with Crippen LogP contribution in [0.3, 0.4) is 0 Å². The molecule has 0 saturated heterocycles. The molecule has 1 heterocycles. The van der Waals surface area contributed by atoms with Gasteiger partial charge in [0.2, 0.25) is 0 Å². The zero-order chi connectivity index (χ0) is 28.1. The van der Waals surface area contributed by atoms with Crippen molar-refractivity contribution in [2.45, 2.75) is 12.5 Å². The number of ether oxygens (including phenoxy) is 3. The molecule has 0 aliphatic carbocycles. The number of allylic oxidation sites excluding steroid dienone is 1. The van der Waals surface area contributed by atoms with Gasteiger partial charge < -0.3 is 19.9 Å². The molecule has 0 bridgehead atoms. The molecule has 1 atom stereocenters. The normalized spacial score (nSPS) is 15.1. The summed E-state index contributed by atoms with van der Waals surface area (Å²) in [5.74, 6) is -2.88. The largest absolute Gasteiger partial charge is 0.489 e. The molecule has 0 fully saturated rings. The van der Waals surface area contributed by atoms with E-state index >= 15 is 0 Å². The van der Waals surface area contributed by atoms with Gasteiger partial charge in [-0.2, -0.15) is 5.26 Å². The minimum Gasteiger partial charge on any atom is -0.489 e. The monoisotopic (exact) mass is 547 g/mol. The van der Waals surface area contributed by atoms with Crippen LogP contribution in [0, 0.1) is 17.1 Å². The number of benzene rings is 3. The fourth-order valence-corrected chi connectivity index (χ4v) is 4.57. The first-order valence-corrected chi connectivity index (χ1v) is 12.0. The first-order valence-electron chi connectivity index (χ1n) is 11.6. The van der Waals surface area contributed by atoms with E-state index in [4.69, 9.17) is 31.5 Å². The Morgan fingerprint density at radius 3 is 2.36 bits per heavy atom. The first-order chi connectivity index (χ1) is 18.8. The van der Waals surface area contributed by atoms with Gasteiger partial charge in [0.1, 0.15) is 29.7 Å². The third-order valence-corrected chi connectivity index (χ3v) is 6.37. The Labute approximate surface area is 229 Å². The van der Waals surface area contributed by atoms with Crippen LogP contribution in [0.1, 0.15) is 17.0 Å². The van der Waals surface area contributed by atoms with E-state index in [1.807, 2.05) is 0 Å². The number of hydrogen-bond donors (Lipinski definition) is 1. The summed E-state index contributed by atoms with van der Waals surface area (Å²) < 4.78 is 29.3. The summed E-state index contributed by atoms with van der Waals surface area (Å²) in [6.07, 6.45) is 0. The van der Waals surface area contributed by atoms with Crippen molar-refractivity contribution in [2.75, 3.05) is 19.1 Å². The number of nitrogens with zero attached hydrogens (tertiary/aromatic N) is 2. The van der Waals surface area contributed by atoms with E-state index in [0.29, 0.717) is 16.9 Å². The third-order valence-electron chi connectivity index (χ3n) is 6.06. The van der Waals surface area contributed by atoms with E-state index in [1.54, 1.807) is 48.5 Å². The Kier molecular flexibility index (Phi) is 8.18. The lowest BCUT2D eigenvalue weighted by atomic mass is 9.81. The van der Waals surface area contributed by atoms with E-state index < -0.39 is 17.9 Å². The minimum atomic E-state index is -0.998. The molecule has 0 radical (unpaired) electrons. The molecule has 1 unspecified atom stereocenters. The number of anilines is 1. The number of carbonyl (C=O) groups is 2. The maximum Gasteiger partial charge on any atom is 0.355 e. The van der Waals surface area contributed by atoms with Crippen molar-refractivity contribution in [3.05, 3.63) is 117 Å². The van der Waals surface area contributed by atoms with Gasteiger partial charge in [-0.1, -0.05) is 54.1 Å². The van der Waals surface area contributed by atoms with Gasteiger partial charge >= 0.3 is 11.9 Å². The second kappa shape index (κ2) is 11.7. The molecule has 8 nitrogen and oxygen atoms in total. The molecule has 39 heavy (non-hydrogen) atoms. The van der Waals surface area contributed by atoms with Crippen molar-refractivity contribution in [1.29, 1.82) is 5.26 Å². The smallest absolute Gasteiger partial charge is 0.355 e. The zero-order valence-corrected chi connectivity index (χ0v) is 21.7. The highest BCUT2D eigenvalue weighted by Crippen LogP contribution is 2.45. The molecule has 0 saturated carbocycles. The van der Waals surface area contributed by atoms with Gasteiger partial charge in [-0.3, -0.25) is 4.90 Å². The molecule has 3 aromatic rings. The van der Waals surface area contributed by atoms with Gasteiger partial charge in [0, 0.05) is 6.07 Å². The van der Waals surface area contributed by atoms with Crippen molar-refractivity contribution >= 4 is 29.2 Å². The van der Waals surface area contributed by atoms with Gasteiger partial charge in [-0.05, 0) is 35.4 Å². The number of nitrogens with two attached hydrogens (primary N) is 1. The molecule has 4 rings (SSSR count). The number of nitriles is 1. The van der Waals surface area contributed by atoms with Crippen LogP contribution in [0.15, 0.2) is 95.5 Å². The van der Waals surface area contributed by atoms with Crippen LogP contribution in [0.4, 0.5) is 10.1 Å². The summed E-state index contributed by atoms with van der Waals surface area (Å²) in [6.45, 7) is 0.0797. The van der Waals surface area contributed by atoms with E-state index in [-0.39, 0.29) is 45.8 Å². The standard InChI is InChI=1S/C29H23ClFN3O5/c1-37-28(35)25-24(18-8-4-3-5-9-18)21(15-32)27(33)34(26(25)29(36)38-2)23-12-11-20(14-22(23)30)39-16-17-7-6-10-19(31)13-17/h3-14,24H,16,33H2,1-2H3. The Hall–Kier alpha value is -4.81. The zero-order valence-electron chi connectivity index (χ0n) is 21.0. The maximum absolute atomic E-state index is 13.5. The molecule has 1 aliphatic heterocycles. The van der Waals surface area contributed by atoms with Crippen LogP contribution < -0.4 is 15.4 Å². The molecule has 1 aliphatic rings. The van der Waals surface area contributed by atoms with Crippen LogP contribution in [0.25, 0.3) is 0 Å². The number of methoxy groups -OCH3 is 2. The van der Waals surface area contributed by atoms with Crippen molar-refractivity contribution < 1.29 is 28.2 Å². The Morgan fingerprint density at radius 2 is 1.74 bits per heavy atom. The number of carbonyl (C=O) groups excluding carboxylic acids is 2. The van der Waals surface area contributed by atoms with E-state index in [2.05, 4.69) is 6.07 Å². The Balaban J connectivity index is 1.84. The summed E-state index contributed by atoms with van der Waals surface area (Å²) in [6, 6.07) is 21.3. The number of rotatable bonds is 7. The fraction of sp³-hybridized carbons (Fsp3) is 0.138. The molecule has 3 aromatic carbocycles. The molecule has 0 aromatic heterocycles. The lowest BCUT2D eigenvalue weighted by Gasteiger charge is -2.36. The van der Waals surface area contributed by atoms with Gasteiger partial charge in [-0.25, -0.2) is 14.0 Å². The Morgan fingerprint density at radius 1 is 1.03 bits per heavy atom. The highest BCUT2D eigenvalue weighted by atomic mass is 35.5. The molecule has 10 heteroatoms. The third kappa shape index (κ3) is 5.42. The maximum atomic E-state index is 13.5. The van der Waals surface area contributed by atoms with Gasteiger partial charge in [0.15, 0.2) is 0 Å². The summed E-state index contributed by atoms with van der Waals surface area (Å²) >= 11 is 6.62.